The molecule has 1 aromatic heterocycles. The molecule has 2 fully saturated rings. The normalized spacial score (nSPS) is 31.2. The molecule has 5 heteroatoms. The van der Waals surface area contributed by atoms with Crippen molar-refractivity contribution in [3.63, 3.8) is 0 Å². The number of pyridine rings is 1. The Labute approximate surface area is 122 Å². The number of fused-ring (bicyclic) bond motifs is 2. The van der Waals surface area contributed by atoms with E-state index < -0.39 is 0 Å². The van der Waals surface area contributed by atoms with Crippen molar-refractivity contribution in [3.8, 4) is 0 Å². The number of hydrogen-bond donors (Lipinski definition) is 2. The van der Waals surface area contributed by atoms with E-state index >= 15 is 0 Å². The van der Waals surface area contributed by atoms with Gasteiger partial charge in [-0.05, 0) is 54.7 Å². The molecule has 3 N–H and O–H groups in total. The fourth-order valence-electron chi connectivity index (χ4n) is 3.50. The van der Waals surface area contributed by atoms with Gasteiger partial charge in [-0.3, -0.25) is 0 Å². The highest BCUT2D eigenvalue weighted by Crippen LogP contribution is 2.34. The number of anilines is 2. The van der Waals surface area contributed by atoms with Crippen LogP contribution in [0.1, 0.15) is 32.1 Å². The Bertz CT molecular complexity index is 451. The lowest BCUT2D eigenvalue weighted by Crippen LogP contribution is -2.52. The molecule has 2 aliphatic heterocycles. The molecule has 2 unspecified atom stereocenters. The van der Waals surface area contributed by atoms with Crippen molar-refractivity contribution in [2.45, 2.75) is 50.2 Å². The van der Waals surface area contributed by atoms with Crippen LogP contribution in [0, 0.1) is 0 Å². The van der Waals surface area contributed by atoms with E-state index in [1.807, 2.05) is 6.07 Å². The lowest BCUT2D eigenvalue weighted by atomic mass is 9.82. The van der Waals surface area contributed by atoms with E-state index in [0.717, 1.165) is 28.1 Å². The molecule has 0 amide bonds. The van der Waals surface area contributed by atoms with Crippen LogP contribution in [0.15, 0.2) is 16.7 Å². The van der Waals surface area contributed by atoms with Gasteiger partial charge in [0.05, 0.1) is 5.69 Å². The van der Waals surface area contributed by atoms with E-state index in [9.17, 15) is 0 Å². The fraction of sp³-hybridized carbons (Fsp3) is 0.643. The molecule has 4 nitrogen and oxygen atoms in total. The molecule has 0 aliphatic carbocycles. The van der Waals surface area contributed by atoms with Crippen molar-refractivity contribution >= 4 is 27.4 Å². The van der Waals surface area contributed by atoms with Crippen LogP contribution in [0.2, 0.25) is 0 Å². The zero-order valence-corrected chi connectivity index (χ0v) is 12.9. The maximum absolute atomic E-state index is 6.02. The molecule has 2 aliphatic rings. The fourth-order valence-corrected chi connectivity index (χ4v) is 3.85. The molecule has 3 rings (SSSR count). The number of hydrogen-bond acceptors (Lipinski definition) is 4. The van der Waals surface area contributed by atoms with Crippen molar-refractivity contribution in [1.82, 2.24) is 9.88 Å². The van der Waals surface area contributed by atoms with Crippen molar-refractivity contribution in [1.29, 1.82) is 0 Å². The van der Waals surface area contributed by atoms with Gasteiger partial charge in [0.2, 0.25) is 0 Å². The van der Waals surface area contributed by atoms with Crippen LogP contribution < -0.4 is 11.1 Å². The van der Waals surface area contributed by atoms with E-state index in [1.165, 1.54) is 32.1 Å². The molecule has 104 valence electrons. The number of aromatic nitrogens is 1. The molecular formula is C14H21BrN4. The van der Waals surface area contributed by atoms with Gasteiger partial charge in [-0.2, -0.15) is 0 Å². The maximum Gasteiger partial charge on any atom is 0.149 e. The Morgan fingerprint density at radius 3 is 2.68 bits per heavy atom. The monoisotopic (exact) mass is 324 g/mol. The summed E-state index contributed by atoms with van der Waals surface area (Å²) in [5.41, 5.74) is 6.74. The summed E-state index contributed by atoms with van der Waals surface area (Å²) >= 11 is 3.39. The van der Waals surface area contributed by atoms with Gasteiger partial charge in [-0.1, -0.05) is 6.42 Å². The Balaban J connectivity index is 1.70. The summed E-state index contributed by atoms with van der Waals surface area (Å²) < 4.78 is 0.927. The number of nitrogens with one attached hydrogen (secondary N) is 1. The first-order valence-corrected chi connectivity index (χ1v) is 7.82. The van der Waals surface area contributed by atoms with E-state index in [4.69, 9.17) is 5.73 Å². The first-order chi connectivity index (χ1) is 9.13. The van der Waals surface area contributed by atoms with Crippen LogP contribution in [0.25, 0.3) is 0 Å². The highest BCUT2D eigenvalue weighted by atomic mass is 79.9. The van der Waals surface area contributed by atoms with Gasteiger partial charge in [0.1, 0.15) is 5.82 Å². The van der Waals surface area contributed by atoms with E-state index in [1.54, 1.807) is 6.20 Å². The maximum atomic E-state index is 6.02. The molecule has 2 atom stereocenters. The van der Waals surface area contributed by atoms with Crippen LogP contribution in [-0.2, 0) is 0 Å². The molecule has 19 heavy (non-hydrogen) atoms. The first-order valence-electron chi connectivity index (χ1n) is 7.03. The minimum Gasteiger partial charge on any atom is -0.396 e. The molecular weight excluding hydrogens is 304 g/mol. The quantitative estimate of drug-likeness (QED) is 0.878. The Morgan fingerprint density at radius 1 is 1.37 bits per heavy atom. The Hall–Kier alpha value is -0.810. The summed E-state index contributed by atoms with van der Waals surface area (Å²) in [6, 6.07) is 3.86. The lowest BCUT2D eigenvalue weighted by molar-refractivity contribution is 0.0608. The predicted molar refractivity (Wildman–Crippen MR) is 82.2 cm³/mol. The second kappa shape index (κ2) is 5.29. The first kappa shape index (κ1) is 13.2. The zero-order chi connectivity index (χ0) is 13.4. The van der Waals surface area contributed by atoms with Gasteiger partial charge in [-0.25, -0.2) is 4.98 Å². The number of nitrogens with zero attached hydrogens (tertiary/aromatic N) is 2. The third-order valence-corrected chi connectivity index (χ3v) is 5.00. The highest BCUT2D eigenvalue weighted by molar-refractivity contribution is 9.10. The summed E-state index contributed by atoms with van der Waals surface area (Å²) in [4.78, 5) is 6.96. The smallest absolute Gasteiger partial charge is 0.149 e. The van der Waals surface area contributed by atoms with Gasteiger partial charge in [-0.15, -0.1) is 0 Å². The van der Waals surface area contributed by atoms with Gasteiger partial charge >= 0.3 is 0 Å². The van der Waals surface area contributed by atoms with Gasteiger partial charge in [0.15, 0.2) is 0 Å². The average Bonchev–Trinajstić information content (AvgIpc) is 2.34. The molecule has 0 aromatic carbocycles. The van der Waals surface area contributed by atoms with Crippen molar-refractivity contribution in [2.75, 3.05) is 18.1 Å². The highest BCUT2D eigenvalue weighted by Gasteiger charge is 2.36. The third-order valence-electron chi connectivity index (χ3n) is 4.56. The standard InChI is InChI=1S/C14H21BrN4/c1-19-11-3-2-4-12(19)7-10(6-11)18-14-13(16)5-9(15)8-17-14/h5,8,10-12H,2-4,6-7,16H2,1H3,(H,17,18). The lowest BCUT2D eigenvalue weighted by Gasteiger charge is -2.47. The zero-order valence-electron chi connectivity index (χ0n) is 11.3. The topological polar surface area (TPSA) is 54.2 Å². The van der Waals surface area contributed by atoms with E-state index in [-0.39, 0.29) is 0 Å². The molecule has 0 radical (unpaired) electrons. The molecule has 1 aromatic rings. The van der Waals surface area contributed by atoms with Gasteiger partial charge < -0.3 is 16.0 Å². The third kappa shape index (κ3) is 2.72. The summed E-state index contributed by atoms with van der Waals surface area (Å²) in [6.45, 7) is 0. The van der Waals surface area contributed by atoms with Gasteiger partial charge in [0, 0.05) is 28.8 Å². The van der Waals surface area contributed by atoms with Crippen molar-refractivity contribution in [3.05, 3.63) is 16.7 Å². The molecule has 3 heterocycles. The van der Waals surface area contributed by atoms with Crippen LogP contribution in [0.4, 0.5) is 11.5 Å². The van der Waals surface area contributed by atoms with Crippen molar-refractivity contribution in [2.24, 2.45) is 0 Å². The Morgan fingerprint density at radius 2 is 2.05 bits per heavy atom. The van der Waals surface area contributed by atoms with E-state index in [0.29, 0.717) is 6.04 Å². The van der Waals surface area contributed by atoms with Crippen molar-refractivity contribution < 1.29 is 0 Å². The molecule has 2 saturated heterocycles. The van der Waals surface area contributed by atoms with Crippen LogP contribution in [-0.4, -0.2) is 35.1 Å². The summed E-state index contributed by atoms with van der Waals surface area (Å²) in [7, 11) is 2.27. The van der Waals surface area contributed by atoms with Gasteiger partial charge in [0.25, 0.3) is 0 Å². The van der Waals surface area contributed by atoms with Crippen LogP contribution in [0.3, 0.4) is 0 Å². The average molecular weight is 325 g/mol. The number of rotatable bonds is 2. The largest absolute Gasteiger partial charge is 0.396 e. The minimum atomic E-state index is 0.502. The minimum absolute atomic E-state index is 0.502. The SMILES string of the molecule is CN1C2CCCC1CC(Nc1ncc(Br)cc1N)C2. The number of halogens is 1. The summed E-state index contributed by atoms with van der Waals surface area (Å²) in [5, 5.41) is 3.54. The molecule has 0 saturated carbocycles. The Kier molecular flexibility index (Phi) is 3.67. The number of nitrogens with two attached hydrogens (primary N) is 1. The van der Waals surface area contributed by atoms with E-state index in [2.05, 4.69) is 38.2 Å². The number of nitrogen functional groups attached to an aromatic ring is 1. The van der Waals surface area contributed by atoms with Crippen LogP contribution in [0.5, 0.6) is 0 Å². The van der Waals surface area contributed by atoms with Crippen LogP contribution >= 0.6 is 15.9 Å². The summed E-state index contributed by atoms with van der Waals surface area (Å²) in [5.74, 6) is 0.829. The summed E-state index contributed by atoms with van der Waals surface area (Å²) in [6.07, 6.45) is 8.23. The number of piperidine rings is 2. The second-order valence-corrected chi connectivity index (χ2v) is 6.72. The molecule has 0 spiro atoms. The second-order valence-electron chi connectivity index (χ2n) is 5.81. The predicted octanol–water partition coefficient (Wildman–Crippen LogP) is 2.85. The molecule has 2 bridgehead atoms.